The van der Waals surface area contributed by atoms with E-state index in [1.165, 1.54) is 0 Å². The van der Waals surface area contributed by atoms with E-state index in [-0.39, 0.29) is 18.5 Å². The molecule has 1 unspecified atom stereocenters. The first-order valence-corrected chi connectivity index (χ1v) is 6.03. The molecule has 19 heavy (non-hydrogen) atoms. The van der Waals surface area contributed by atoms with Gasteiger partial charge >= 0.3 is 0 Å². The molecular weight excluding hydrogens is 257 g/mol. The molecule has 5 heteroatoms. The molecule has 0 bridgehead atoms. The van der Waals surface area contributed by atoms with E-state index < -0.39 is 17.5 Å². The lowest BCUT2D eigenvalue weighted by atomic mass is 10.2. The monoisotopic (exact) mass is 270 g/mol. The maximum atomic E-state index is 12.9. The zero-order valence-electron chi connectivity index (χ0n) is 10.2. The van der Waals surface area contributed by atoms with Gasteiger partial charge in [-0.15, -0.1) is 0 Å². The second kappa shape index (κ2) is 6.60. The highest BCUT2D eigenvalue weighted by Crippen LogP contribution is 2.14. The lowest BCUT2D eigenvalue weighted by Crippen LogP contribution is -2.22. The molecule has 0 spiro atoms. The maximum Gasteiger partial charge on any atom is 0.194 e. The first kappa shape index (κ1) is 13.9. The van der Waals surface area contributed by atoms with E-state index in [1.807, 2.05) is 0 Å². The van der Waals surface area contributed by atoms with Crippen molar-refractivity contribution in [3.05, 3.63) is 35.1 Å². The predicted octanol–water partition coefficient (Wildman–Crippen LogP) is 3.00. The van der Waals surface area contributed by atoms with Crippen molar-refractivity contribution >= 4 is 0 Å². The summed E-state index contributed by atoms with van der Waals surface area (Å²) in [7, 11) is 0. The van der Waals surface area contributed by atoms with Gasteiger partial charge in [0.1, 0.15) is 6.61 Å². The van der Waals surface area contributed by atoms with Gasteiger partial charge in [-0.05, 0) is 31.4 Å². The first-order chi connectivity index (χ1) is 9.16. The van der Waals surface area contributed by atoms with Gasteiger partial charge in [-0.1, -0.05) is 11.8 Å². The zero-order chi connectivity index (χ0) is 13.7. The Bertz CT molecular complexity index is 476. The van der Waals surface area contributed by atoms with Crippen LogP contribution in [0.15, 0.2) is 12.1 Å². The number of rotatable bonds is 2. The Morgan fingerprint density at radius 3 is 2.58 bits per heavy atom. The first-order valence-electron chi connectivity index (χ1n) is 6.03. The molecule has 1 aromatic rings. The minimum absolute atomic E-state index is 0.0737. The normalized spacial score (nSPS) is 18.8. The molecule has 0 aliphatic carbocycles. The summed E-state index contributed by atoms with van der Waals surface area (Å²) in [6.07, 6.45) is 2.64. The number of ether oxygens (including phenoxy) is 2. The molecular formula is C14H13F3O2. The van der Waals surface area contributed by atoms with Crippen LogP contribution < -0.4 is 0 Å². The molecule has 0 aromatic heterocycles. The van der Waals surface area contributed by atoms with Crippen LogP contribution in [0.3, 0.4) is 0 Å². The molecule has 1 saturated heterocycles. The van der Waals surface area contributed by atoms with Gasteiger partial charge in [0.05, 0.1) is 0 Å². The quantitative estimate of drug-likeness (QED) is 0.607. The third-order valence-corrected chi connectivity index (χ3v) is 2.70. The van der Waals surface area contributed by atoms with Gasteiger partial charge in [0.2, 0.25) is 0 Å². The van der Waals surface area contributed by atoms with Crippen molar-refractivity contribution in [2.45, 2.75) is 25.6 Å². The van der Waals surface area contributed by atoms with Crippen LogP contribution in [0.25, 0.3) is 0 Å². The second-order valence-electron chi connectivity index (χ2n) is 4.16. The summed E-state index contributed by atoms with van der Waals surface area (Å²) < 4.78 is 49.2. The van der Waals surface area contributed by atoms with Gasteiger partial charge in [0.25, 0.3) is 0 Å². The van der Waals surface area contributed by atoms with E-state index in [9.17, 15) is 13.2 Å². The topological polar surface area (TPSA) is 18.5 Å². The molecule has 2 nitrogen and oxygen atoms in total. The standard InChI is InChI=1S/C14H13F3O2/c15-11-8-10(9-12(16)14(11)17)4-3-7-19-13-5-1-2-6-18-13/h8-9,13H,1-2,5-7H2. The Kier molecular flexibility index (Phi) is 4.83. The SMILES string of the molecule is Fc1cc(C#CCOC2CCCCO2)cc(F)c1F. The van der Waals surface area contributed by atoms with Crippen molar-refractivity contribution in [1.82, 2.24) is 0 Å². The van der Waals surface area contributed by atoms with Crippen LogP contribution in [0.4, 0.5) is 13.2 Å². The summed E-state index contributed by atoms with van der Waals surface area (Å²) >= 11 is 0. The Hall–Kier alpha value is -1.51. The predicted molar refractivity (Wildman–Crippen MR) is 62.7 cm³/mol. The van der Waals surface area contributed by atoms with E-state index in [1.54, 1.807) is 0 Å². The lowest BCUT2D eigenvalue weighted by molar-refractivity contribution is -0.154. The molecule has 1 aromatic carbocycles. The van der Waals surface area contributed by atoms with Crippen LogP contribution in [0.5, 0.6) is 0 Å². The van der Waals surface area contributed by atoms with Crippen LogP contribution in [-0.4, -0.2) is 19.5 Å². The molecule has 1 aliphatic heterocycles. The van der Waals surface area contributed by atoms with E-state index in [4.69, 9.17) is 9.47 Å². The van der Waals surface area contributed by atoms with Gasteiger partial charge in [0.15, 0.2) is 23.7 Å². The highest BCUT2D eigenvalue weighted by molar-refractivity contribution is 5.35. The minimum atomic E-state index is -1.49. The summed E-state index contributed by atoms with van der Waals surface area (Å²) in [4.78, 5) is 0. The fourth-order valence-electron chi connectivity index (χ4n) is 1.74. The fraction of sp³-hybridized carbons (Fsp3) is 0.429. The van der Waals surface area contributed by atoms with Crippen LogP contribution >= 0.6 is 0 Å². The van der Waals surface area contributed by atoms with E-state index in [0.717, 1.165) is 31.4 Å². The van der Waals surface area contributed by atoms with Crippen LogP contribution in [0.2, 0.25) is 0 Å². The molecule has 102 valence electrons. The smallest absolute Gasteiger partial charge is 0.194 e. The molecule has 0 N–H and O–H groups in total. The molecule has 0 amide bonds. The summed E-state index contributed by atoms with van der Waals surface area (Å²) in [5.41, 5.74) is 0.0737. The van der Waals surface area contributed by atoms with Crippen LogP contribution in [0, 0.1) is 29.3 Å². The molecule has 0 saturated carbocycles. The van der Waals surface area contributed by atoms with Crippen molar-refractivity contribution < 1.29 is 22.6 Å². The number of benzene rings is 1. The summed E-state index contributed by atoms with van der Waals surface area (Å²) in [6, 6.07) is 1.70. The Morgan fingerprint density at radius 1 is 1.21 bits per heavy atom. The number of hydrogen-bond acceptors (Lipinski definition) is 2. The zero-order valence-corrected chi connectivity index (χ0v) is 10.2. The summed E-state index contributed by atoms with van der Waals surface area (Å²) in [6.45, 7) is 0.776. The largest absolute Gasteiger partial charge is 0.353 e. The fourth-order valence-corrected chi connectivity index (χ4v) is 1.74. The van der Waals surface area contributed by atoms with E-state index in [0.29, 0.717) is 6.61 Å². The molecule has 2 rings (SSSR count). The van der Waals surface area contributed by atoms with E-state index in [2.05, 4.69) is 11.8 Å². The van der Waals surface area contributed by atoms with Crippen molar-refractivity contribution in [3.63, 3.8) is 0 Å². The van der Waals surface area contributed by atoms with Crippen molar-refractivity contribution in [2.24, 2.45) is 0 Å². The van der Waals surface area contributed by atoms with Gasteiger partial charge in [-0.2, -0.15) is 0 Å². The third kappa shape index (κ3) is 3.98. The average molecular weight is 270 g/mol. The Balaban J connectivity index is 1.89. The Morgan fingerprint density at radius 2 is 1.95 bits per heavy atom. The molecule has 0 radical (unpaired) electrons. The highest BCUT2D eigenvalue weighted by atomic mass is 19.2. The lowest BCUT2D eigenvalue weighted by Gasteiger charge is -2.21. The van der Waals surface area contributed by atoms with Gasteiger partial charge in [0, 0.05) is 12.2 Å². The molecule has 1 fully saturated rings. The van der Waals surface area contributed by atoms with Crippen LogP contribution in [-0.2, 0) is 9.47 Å². The molecule has 1 aliphatic rings. The summed E-state index contributed by atoms with van der Waals surface area (Å²) in [5, 5.41) is 0. The van der Waals surface area contributed by atoms with Crippen molar-refractivity contribution in [3.8, 4) is 11.8 Å². The van der Waals surface area contributed by atoms with Crippen molar-refractivity contribution in [2.75, 3.05) is 13.2 Å². The average Bonchev–Trinajstić information content (AvgIpc) is 2.42. The minimum Gasteiger partial charge on any atom is -0.353 e. The maximum absolute atomic E-state index is 12.9. The van der Waals surface area contributed by atoms with Gasteiger partial charge < -0.3 is 9.47 Å². The van der Waals surface area contributed by atoms with Crippen LogP contribution in [0.1, 0.15) is 24.8 Å². The van der Waals surface area contributed by atoms with Gasteiger partial charge in [-0.3, -0.25) is 0 Å². The highest BCUT2D eigenvalue weighted by Gasteiger charge is 2.13. The summed E-state index contributed by atoms with van der Waals surface area (Å²) in [5.74, 6) is 1.14. The van der Waals surface area contributed by atoms with E-state index >= 15 is 0 Å². The second-order valence-corrected chi connectivity index (χ2v) is 4.16. The molecule has 1 atom stereocenters. The van der Waals surface area contributed by atoms with Gasteiger partial charge in [-0.25, -0.2) is 13.2 Å². The third-order valence-electron chi connectivity index (χ3n) is 2.70. The van der Waals surface area contributed by atoms with Crippen molar-refractivity contribution in [1.29, 1.82) is 0 Å². The number of halogens is 3. The Labute approximate surface area is 109 Å². The molecule has 1 heterocycles. The number of hydrogen-bond donors (Lipinski definition) is 0.